The number of piperidine rings is 1. The molecule has 0 aromatic heterocycles. The third kappa shape index (κ3) is 3.50. The molecule has 0 radical (unpaired) electrons. The third-order valence-corrected chi connectivity index (χ3v) is 4.56. The first-order valence-corrected chi connectivity index (χ1v) is 7.66. The zero-order valence-corrected chi connectivity index (χ0v) is 13.5. The Bertz CT molecular complexity index is 438. The van der Waals surface area contributed by atoms with Crippen LogP contribution in [0.4, 0.5) is 5.69 Å². The fourth-order valence-electron chi connectivity index (χ4n) is 2.55. The van der Waals surface area contributed by atoms with Crippen molar-refractivity contribution in [1.29, 1.82) is 0 Å². The van der Waals surface area contributed by atoms with Gasteiger partial charge in [-0.25, -0.2) is 0 Å². The monoisotopic (exact) mass is 326 g/mol. The number of hydrogen-bond donors (Lipinski definition) is 2. The average molecular weight is 327 g/mol. The summed E-state index contributed by atoms with van der Waals surface area (Å²) < 4.78 is 1.11. The average Bonchev–Trinajstić information content (AvgIpc) is 2.38. The molecule has 4 heteroatoms. The Labute approximate surface area is 124 Å². The van der Waals surface area contributed by atoms with E-state index >= 15 is 0 Å². The van der Waals surface area contributed by atoms with E-state index in [1.807, 2.05) is 14.0 Å². The van der Waals surface area contributed by atoms with Gasteiger partial charge in [0.15, 0.2) is 0 Å². The van der Waals surface area contributed by atoms with E-state index in [0.29, 0.717) is 6.04 Å². The standard InChI is InChI=1S/C15H23BrN2O/c1-11(17-3)13-10-12(16)4-5-14(13)18-8-6-15(2,19)7-9-18/h4-5,10-11,17,19H,6-9H2,1-3H3. The van der Waals surface area contributed by atoms with E-state index in [1.165, 1.54) is 11.3 Å². The van der Waals surface area contributed by atoms with Crippen LogP contribution in [0, 0.1) is 0 Å². The van der Waals surface area contributed by atoms with Crippen molar-refractivity contribution in [2.45, 2.75) is 38.3 Å². The van der Waals surface area contributed by atoms with Crippen LogP contribution in [-0.2, 0) is 0 Å². The van der Waals surface area contributed by atoms with E-state index in [0.717, 1.165) is 30.4 Å². The van der Waals surface area contributed by atoms with Crippen molar-refractivity contribution in [2.75, 3.05) is 25.0 Å². The Morgan fingerprint density at radius 1 is 1.37 bits per heavy atom. The van der Waals surface area contributed by atoms with Gasteiger partial charge in [-0.2, -0.15) is 0 Å². The Morgan fingerprint density at radius 3 is 2.58 bits per heavy atom. The minimum Gasteiger partial charge on any atom is -0.390 e. The first kappa shape index (κ1) is 14.8. The molecule has 1 aliphatic rings. The lowest BCUT2D eigenvalue weighted by Crippen LogP contribution is -2.43. The van der Waals surface area contributed by atoms with Crippen molar-refractivity contribution in [3.63, 3.8) is 0 Å². The number of rotatable bonds is 3. The van der Waals surface area contributed by atoms with E-state index in [1.54, 1.807) is 0 Å². The van der Waals surface area contributed by atoms with Gasteiger partial charge in [-0.1, -0.05) is 15.9 Å². The van der Waals surface area contributed by atoms with Crippen molar-refractivity contribution in [1.82, 2.24) is 5.32 Å². The number of benzene rings is 1. The quantitative estimate of drug-likeness (QED) is 0.896. The summed E-state index contributed by atoms with van der Waals surface area (Å²) in [4.78, 5) is 2.38. The van der Waals surface area contributed by atoms with Gasteiger partial charge < -0.3 is 15.3 Å². The van der Waals surface area contributed by atoms with Crippen LogP contribution in [-0.4, -0.2) is 30.8 Å². The lowest BCUT2D eigenvalue weighted by Gasteiger charge is -2.38. The van der Waals surface area contributed by atoms with Gasteiger partial charge in [-0.05, 0) is 57.5 Å². The van der Waals surface area contributed by atoms with Crippen LogP contribution in [0.2, 0.25) is 0 Å². The number of aliphatic hydroxyl groups is 1. The zero-order valence-electron chi connectivity index (χ0n) is 11.9. The van der Waals surface area contributed by atoms with Gasteiger partial charge in [0.2, 0.25) is 0 Å². The van der Waals surface area contributed by atoms with Crippen molar-refractivity contribution < 1.29 is 5.11 Å². The van der Waals surface area contributed by atoms with Gasteiger partial charge >= 0.3 is 0 Å². The van der Waals surface area contributed by atoms with Crippen LogP contribution >= 0.6 is 15.9 Å². The normalized spacial score (nSPS) is 20.4. The van der Waals surface area contributed by atoms with Crippen LogP contribution in [0.1, 0.15) is 38.3 Å². The molecule has 1 aliphatic heterocycles. The predicted octanol–water partition coefficient (Wildman–Crippen LogP) is 3.08. The Morgan fingerprint density at radius 2 is 2.00 bits per heavy atom. The number of nitrogens with one attached hydrogen (secondary N) is 1. The second kappa shape index (κ2) is 5.81. The molecule has 2 rings (SSSR count). The maximum atomic E-state index is 10.1. The van der Waals surface area contributed by atoms with Crippen LogP contribution in [0.15, 0.2) is 22.7 Å². The van der Waals surface area contributed by atoms with Gasteiger partial charge in [0.05, 0.1) is 5.60 Å². The van der Waals surface area contributed by atoms with Crippen LogP contribution < -0.4 is 10.2 Å². The Hall–Kier alpha value is -0.580. The Kier molecular flexibility index (Phi) is 4.54. The largest absolute Gasteiger partial charge is 0.390 e. The molecule has 1 fully saturated rings. The molecule has 0 spiro atoms. The summed E-state index contributed by atoms with van der Waals surface area (Å²) in [5.74, 6) is 0. The van der Waals surface area contributed by atoms with Crippen LogP contribution in [0.3, 0.4) is 0 Å². The molecule has 1 saturated heterocycles. The molecular weight excluding hydrogens is 304 g/mol. The van der Waals surface area contributed by atoms with Crippen molar-refractivity contribution in [2.24, 2.45) is 0 Å². The highest BCUT2D eigenvalue weighted by Gasteiger charge is 2.28. The van der Waals surface area contributed by atoms with Gasteiger partial charge in [0.25, 0.3) is 0 Å². The highest BCUT2D eigenvalue weighted by Crippen LogP contribution is 2.33. The molecule has 1 atom stereocenters. The highest BCUT2D eigenvalue weighted by atomic mass is 79.9. The van der Waals surface area contributed by atoms with Crippen molar-refractivity contribution in [3.05, 3.63) is 28.2 Å². The van der Waals surface area contributed by atoms with Crippen LogP contribution in [0.25, 0.3) is 0 Å². The molecule has 1 aromatic rings. The van der Waals surface area contributed by atoms with Crippen molar-refractivity contribution in [3.8, 4) is 0 Å². The van der Waals surface area contributed by atoms with E-state index in [2.05, 4.69) is 51.3 Å². The summed E-state index contributed by atoms with van der Waals surface area (Å²) in [6.45, 7) is 5.94. The minimum atomic E-state index is -0.499. The second-order valence-electron chi connectivity index (χ2n) is 5.70. The summed E-state index contributed by atoms with van der Waals surface area (Å²) in [6.07, 6.45) is 1.66. The number of hydrogen-bond acceptors (Lipinski definition) is 3. The van der Waals surface area contributed by atoms with E-state index in [9.17, 15) is 5.11 Å². The fourth-order valence-corrected chi connectivity index (χ4v) is 2.92. The zero-order chi connectivity index (χ0) is 14.0. The predicted molar refractivity (Wildman–Crippen MR) is 83.7 cm³/mol. The molecule has 19 heavy (non-hydrogen) atoms. The molecule has 106 valence electrons. The molecule has 1 unspecified atom stereocenters. The summed E-state index contributed by atoms with van der Waals surface area (Å²) in [5, 5.41) is 13.4. The topological polar surface area (TPSA) is 35.5 Å². The Balaban J connectivity index is 2.25. The minimum absolute atomic E-state index is 0.315. The molecule has 0 amide bonds. The SMILES string of the molecule is CNC(C)c1cc(Br)ccc1N1CCC(C)(O)CC1. The first-order valence-electron chi connectivity index (χ1n) is 6.87. The first-order chi connectivity index (χ1) is 8.93. The third-order valence-electron chi connectivity index (χ3n) is 4.07. The highest BCUT2D eigenvalue weighted by molar-refractivity contribution is 9.10. The maximum absolute atomic E-state index is 10.1. The lowest BCUT2D eigenvalue weighted by molar-refractivity contribution is 0.0351. The van der Waals surface area contributed by atoms with E-state index in [-0.39, 0.29) is 0 Å². The van der Waals surface area contributed by atoms with E-state index in [4.69, 9.17) is 0 Å². The number of nitrogens with zero attached hydrogens (tertiary/aromatic N) is 1. The fraction of sp³-hybridized carbons (Fsp3) is 0.600. The molecular formula is C15H23BrN2O. The van der Waals surface area contributed by atoms with Crippen LogP contribution in [0.5, 0.6) is 0 Å². The second-order valence-corrected chi connectivity index (χ2v) is 6.61. The van der Waals surface area contributed by atoms with E-state index < -0.39 is 5.60 Å². The molecule has 2 N–H and O–H groups in total. The maximum Gasteiger partial charge on any atom is 0.0653 e. The number of halogens is 1. The molecule has 3 nitrogen and oxygen atoms in total. The summed E-state index contributed by atoms with van der Waals surface area (Å²) in [5.41, 5.74) is 2.08. The number of anilines is 1. The smallest absolute Gasteiger partial charge is 0.0653 e. The van der Waals surface area contributed by atoms with Gasteiger partial charge in [0, 0.05) is 29.3 Å². The molecule has 1 heterocycles. The molecule has 0 saturated carbocycles. The summed E-state index contributed by atoms with van der Waals surface area (Å²) >= 11 is 3.55. The molecule has 0 bridgehead atoms. The van der Waals surface area contributed by atoms with Gasteiger partial charge in [-0.15, -0.1) is 0 Å². The summed E-state index contributed by atoms with van der Waals surface area (Å²) in [6, 6.07) is 6.76. The van der Waals surface area contributed by atoms with Gasteiger partial charge in [0.1, 0.15) is 0 Å². The summed E-state index contributed by atoms with van der Waals surface area (Å²) in [7, 11) is 1.98. The van der Waals surface area contributed by atoms with Gasteiger partial charge in [-0.3, -0.25) is 0 Å². The molecule has 0 aliphatic carbocycles. The molecule has 1 aromatic carbocycles. The lowest BCUT2D eigenvalue weighted by atomic mass is 9.92. The van der Waals surface area contributed by atoms with Crippen molar-refractivity contribution >= 4 is 21.6 Å².